The standard InChI is InChI=1S/C21H20N2O4/c1-12-7-13(2)16-9-15(21(25)23-17(16)8-12)5-6-22-20(24)14-3-4-18-19(10-14)27-11-26-18/h3-4,7-10H,5-6,11H2,1-2H3,(H,22,24)(H,23,25). The van der Waals surface area contributed by atoms with Gasteiger partial charge in [-0.2, -0.15) is 0 Å². The SMILES string of the molecule is Cc1cc(C)c2cc(CCNC(=O)c3ccc4c(c3)OCO4)c(=O)[nH]c2c1. The zero-order valence-electron chi connectivity index (χ0n) is 15.2. The van der Waals surface area contributed by atoms with E-state index in [0.717, 1.165) is 22.0 Å². The smallest absolute Gasteiger partial charge is 0.251 e. The molecule has 0 spiro atoms. The number of aromatic amines is 1. The van der Waals surface area contributed by atoms with Crippen LogP contribution in [0.15, 0.2) is 41.2 Å². The highest BCUT2D eigenvalue weighted by Crippen LogP contribution is 2.32. The van der Waals surface area contributed by atoms with Gasteiger partial charge in [0.25, 0.3) is 11.5 Å². The number of nitrogens with one attached hydrogen (secondary N) is 2. The Morgan fingerprint density at radius 3 is 2.78 bits per heavy atom. The largest absolute Gasteiger partial charge is 0.454 e. The molecule has 6 heteroatoms. The Hall–Kier alpha value is -3.28. The van der Waals surface area contributed by atoms with Gasteiger partial charge in [0.2, 0.25) is 6.79 Å². The van der Waals surface area contributed by atoms with Crippen LogP contribution in [0.25, 0.3) is 10.9 Å². The Balaban J connectivity index is 1.46. The number of pyridine rings is 1. The summed E-state index contributed by atoms with van der Waals surface area (Å²) in [7, 11) is 0. The normalized spacial score (nSPS) is 12.4. The first kappa shape index (κ1) is 17.1. The highest BCUT2D eigenvalue weighted by Gasteiger charge is 2.16. The first-order valence-corrected chi connectivity index (χ1v) is 8.82. The molecule has 0 radical (unpaired) electrons. The van der Waals surface area contributed by atoms with Gasteiger partial charge in [-0.1, -0.05) is 6.07 Å². The molecule has 0 saturated carbocycles. The van der Waals surface area contributed by atoms with E-state index < -0.39 is 0 Å². The third-order valence-corrected chi connectivity index (χ3v) is 4.70. The molecule has 0 fully saturated rings. The maximum absolute atomic E-state index is 12.3. The number of carbonyl (C=O) groups is 1. The second kappa shape index (κ2) is 6.79. The molecule has 3 aromatic rings. The third-order valence-electron chi connectivity index (χ3n) is 4.70. The minimum atomic E-state index is -0.211. The molecule has 0 bridgehead atoms. The molecule has 138 valence electrons. The second-order valence-electron chi connectivity index (χ2n) is 6.74. The van der Waals surface area contributed by atoms with E-state index in [0.29, 0.717) is 35.6 Å². The van der Waals surface area contributed by atoms with E-state index in [1.54, 1.807) is 18.2 Å². The lowest BCUT2D eigenvalue weighted by Gasteiger charge is -2.08. The van der Waals surface area contributed by atoms with Gasteiger partial charge in [0.15, 0.2) is 11.5 Å². The molecule has 2 N–H and O–H groups in total. The van der Waals surface area contributed by atoms with Gasteiger partial charge in [0.05, 0.1) is 0 Å². The van der Waals surface area contributed by atoms with E-state index in [-0.39, 0.29) is 18.3 Å². The number of rotatable bonds is 4. The van der Waals surface area contributed by atoms with Crippen molar-refractivity contribution in [2.45, 2.75) is 20.3 Å². The maximum Gasteiger partial charge on any atom is 0.251 e. The summed E-state index contributed by atoms with van der Waals surface area (Å²) in [4.78, 5) is 27.6. The van der Waals surface area contributed by atoms with Crippen molar-refractivity contribution in [3.8, 4) is 11.5 Å². The number of carbonyl (C=O) groups excluding carboxylic acids is 1. The summed E-state index contributed by atoms with van der Waals surface area (Å²) in [6, 6.07) is 11.0. The van der Waals surface area contributed by atoms with Gasteiger partial charge >= 0.3 is 0 Å². The first-order chi connectivity index (χ1) is 13.0. The van der Waals surface area contributed by atoms with Gasteiger partial charge in [0.1, 0.15) is 0 Å². The number of aromatic nitrogens is 1. The Morgan fingerprint density at radius 2 is 1.93 bits per heavy atom. The molecule has 2 aromatic carbocycles. The van der Waals surface area contributed by atoms with Crippen LogP contribution in [0.4, 0.5) is 0 Å². The van der Waals surface area contributed by atoms with Crippen molar-refractivity contribution >= 4 is 16.8 Å². The molecule has 0 unspecified atom stereocenters. The van der Waals surface area contributed by atoms with Crippen molar-refractivity contribution < 1.29 is 14.3 Å². The van der Waals surface area contributed by atoms with Gasteiger partial charge in [-0.15, -0.1) is 0 Å². The average Bonchev–Trinajstić information content (AvgIpc) is 3.10. The minimum absolute atomic E-state index is 0.121. The van der Waals surface area contributed by atoms with Crippen LogP contribution < -0.4 is 20.3 Å². The molecule has 1 aromatic heterocycles. The van der Waals surface area contributed by atoms with E-state index in [4.69, 9.17) is 9.47 Å². The van der Waals surface area contributed by atoms with Crippen molar-refractivity contribution in [2.75, 3.05) is 13.3 Å². The van der Waals surface area contributed by atoms with Gasteiger partial charge in [-0.25, -0.2) is 0 Å². The van der Waals surface area contributed by atoms with Crippen LogP contribution in [0, 0.1) is 13.8 Å². The summed E-state index contributed by atoms with van der Waals surface area (Å²) in [6.07, 6.45) is 0.453. The monoisotopic (exact) mass is 364 g/mol. The first-order valence-electron chi connectivity index (χ1n) is 8.82. The van der Waals surface area contributed by atoms with Gasteiger partial charge < -0.3 is 19.8 Å². The van der Waals surface area contributed by atoms with Crippen LogP contribution in [0.3, 0.4) is 0 Å². The fourth-order valence-electron chi connectivity index (χ4n) is 3.35. The molecule has 27 heavy (non-hydrogen) atoms. The fourth-order valence-corrected chi connectivity index (χ4v) is 3.35. The Bertz CT molecular complexity index is 1100. The summed E-state index contributed by atoms with van der Waals surface area (Å²) in [5, 5.41) is 3.87. The predicted molar refractivity (Wildman–Crippen MR) is 103 cm³/mol. The van der Waals surface area contributed by atoms with Crippen LogP contribution in [-0.4, -0.2) is 24.2 Å². The Kier molecular flexibility index (Phi) is 4.32. The van der Waals surface area contributed by atoms with Crippen LogP contribution in [0.5, 0.6) is 11.5 Å². The summed E-state index contributed by atoms with van der Waals surface area (Å²) < 4.78 is 10.5. The molecular weight excluding hydrogens is 344 g/mol. The number of fused-ring (bicyclic) bond motifs is 2. The third kappa shape index (κ3) is 3.38. The molecule has 1 amide bonds. The molecule has 4 rings (SSSR count). The summed E-state index contributed by atoms with van der Waals surface area (Å²) >= 11 is 0. The van der Waals surface area contributed by atoms with Gasteiger partial charge in [-0.05, 0) is 61.7 Å². The Morgan fingerprint density at radius 1 is 1.11 bits per heavy atom. The number of H-pyrrole nitrogens is 1. The summed E-state index contributed by atoms with van der Waals surface area (Å²) in [6.45, 7) is 4.57. The summed E-state index contributed by atoms with van der Waals surface area (Å²) in [5.41, 5.74) is 4.10. The van der Waals surface area contributed by atoms with Crippen molar-refractivity contribution in [3.05, 3.63) is 69.0 Å². The molecule has 0 atom stereocenters. The molecule has 2 heterocycles. The maximum atomic E-state index is 12.3. The zero-order chi connectivity index (χ0) is 19.0. The highest BCUT2D eigenvalue weighted by molar-refractivity contribution is 5.95. The van der Waals surface area contributed by atoms with Crippen LogP contribution in [-0.2, 0) is 6.42 Å². The van der Waals surface area contributed by atoms with E-state index in [1.807, 2.05) is 26.0 Å². The molecule has 0 aliphatic carbocycles. The number of amides is 1. The Labute approximate surface area is 156 Å². The molecule has 1 aliphatic rings. The van der Waals surface area contributed by atoms with Crippen molar-refractivity contribution in [1.82, 2.24) is 10.3 Å². The predicted octanol–water partition coefficient (Wildman–Crippen LogP) is 2.85. The van der Waals surface area contributed by atoms with Crippen molar-refractivity contribution in [1.29, 1.82) is 0 Å². The molecule has 1 aliphatic heterocycles. The average molecular weight is 364 g/mol. The van der Waals surface area contributed by atoms with E-state index in [2.05, 4.69) is 16.4 Å². The number of hydrogen-bond acceptors (Lipinski definition) is 4. The number of hydrogen-bond donors (Lipinski definition) is 2. The lowest BCUT2D eigenvalue weighted by Crippen LogP contribution is -2.27. The highest BCUT2D eigenvalue weighted by atomic mass is 16.7. The van der Waals surface area contributed by atoms with Crippen LogP contribution in [0.1, 0.15) is 27.0 Å². The minimum Gasteiger partial charge on any atom is -0.454 e. The van der Waals surface area contributed by atoms with Crippen LogP contribution >= 0.6 is 0 Å². The fraction of sp³-hybridized carbons (Fsp3) is 0.238. The number of ether oxygens (including phenoxy) is 2. The number of aryl methyl sites for hydroxylation is 2. The van der Waals surface area contributed by atoms with Crippen molar-refractivity contribution in [2.24, 2.45) is 0 Å². The summed E-state index contributed by atoms with van der Waals surface area (Å²) in [5.74, 6) is 0.997. The zero-order valence-corrected chi connectivity index (χ0v) is 15.2. The number of benzene rings is 2. The van der Waals surface area contributed by atoms with Crippen molar-refractivity contribution in [3.63, 3.8) is 0 Å². The molecule has 0 saturated heterocycles. The lowest BCUT2D eigenvalue weighted by molar-refractivity contribution is 0.0953. The van der Waals surface area contributed by atoms with Gasteiger partial charge in [0, 0.05) is 28.6 Å². The second-order valence-corrected chi connectivity index (χ2v) is 6.74. The van der Waals surface area contributed by atoms with Gasteiger partial charge in [-0.3, -0.25) is 9.59 Å². The topological polar surface area (TPSA) is 80.4 Å². The van der Waals surface area contributed by atoms with Crippen LogP contribution in [0.2, 0.25) is 0 Å². The van der Waals surface area contributed by atoms with E-state index in [1.165, 1.54) is 0 Å². The van der Waals surface area contributed by atoms with E-state index in [9.17, 15) is 9.59 Å². The van der Waals surface area contributed by atoms with E-state index >= 15 is 0 Å². The lowest BCUT2D eigenvalue weighted by atomic mass is 10.0. The quantitative estimate of drug-likeness (QED) is 0.746. The molecular formula is C21H20N2O4. The molecule has 6 nitrogen and oxygen atoms in total.